The fraction of sp³-hybridized carbons (Fsp3) is 0.250. The van der Waals surface area contributed by atoms with Gasteiger partial charge in [0.1, 0.15) is 5.75 Å². The molecule has 0 aliphatic heterocycles. The zero-order chi connectivity index (χ0) is 18.0. The number of ether oxygens (including phenoxy) is 1. The summed E-state index contributed by atoms with van der Waals surface area (Å²) in [7, 11) is 1.64. The molecule has 1 atom stereocenters. The van der Waals surface area contributed by atoms with Crippen molar-refractivity contribution in [2.24, 2.45) is 0 Å². The van der Waals surface area contributed by atoms with Crippen LogP contribution in [0, 0.1) is 13.8 Å². The second-order valence-corrected chi connectivity index (χ2v) is 6.12. The first-order valence-electron chi connectivity index (χ1n) is 8.16. The number of aromatic nitrogens is 2. The van der Waals surface area contributed by atoms with E-state index in [2.05, 4.69) is 15.3 Å². The number of rotatable bonds is 4. The van der Waals surface area contributed by atoms with Gasteiger partial charge in [-0.15, -0.1) is 0 Å². The first kappa shape index (κ1) is 16.9. The van der Waals surface area contributed by atoms with Gasteiger partial charge >= 0.3 is 0 Å². The monoisotopic (exact) mass is 335 g/mol. The Balaban J connectivity index is 1.93. The Morgan fingerprint density at radius 2 is 1.96 bits per heavy atom. The molecule has 25 heavy (non-hydrogen) atoms. The van der Waals surface area contributed by atoms with Crippen molar-refractivity contribution in [1.29, 1.82) is 0 Å². The van der Waals surface area contributed by atoms with Gasteiger partial charge in [-0.1, -0.05) is 6.07 Å². The van der Waals surface area contributed by atoms with Crippen LogP contribution in [0.15, 0.2) is 42.7 Å². The molecule has 0 aliphatic carbocycles. The topological polar surface area (TPSA) is 64.1 Å². The molecular weight excluding hydrogens is 314 g/mol. The van der Waals surface area contributed by atoms with Crippen molar-refractivity contribution in [3.63, 3.8) is 0 Å². The van der Waals surface area contributed by atoms with Crippen LogP contribution in [0.25, 0.3) is 10.8 Å². The van der Waals surface area contributed by atoms with Crippen LogP contribution >= 0.6 is 0 Å². The zero-order valence-electron chi connectivity index (χ0n) is 14.8. The molecular formula is C20H21N3O2. The molecule has 0 fully saturated rings. The number of hydrogen-bond donors (Lipinski definition) is 1. The predicted octanol–water partition coefficient (Wildman–Crippen LogP) is 3.75. The van der Waals surface area contributed by atoms with Crippen molar-refractivity contribution >= 4 is 16.7 Å². The Morgan fingerprint density at radius 1 is 1.16 bits per heavy atom. The number of carbonyl (C=O) groups is 1. The molecule has 2 aromatic heterocycles. The molecule has 2 heterocycles. The molecule has 0 aliphatic rings. The number of methoxy groups -OCH3 is 1. The maximum absolute atomic E-state index is 12.7. The first-order chi connectivity index (χ1) is 12.0. The van der Waals surface area contributed by atoms with Crippen molar-refractivity contribution in [3.05, 3.63) is 65.2 Å². The molecule has 0 spiro atoms. The highest BCUT2D eigenvalue weighted by molar-refractivity contribution is 5.96. The summed E-state index contributed by atoms with van der Waals surface area (Å²) in [5, 5.41) is 5.07. The van der Waals surface area contributed by atoms with E-state index in [1.54, 1.807) is 25.6 Å². The molecule has 0 saturated carbocycles. The number of carbonyl (C=O) groups excluding carboxylic acids is 1. The predicted molar refractivity (Wildman–Crippen MR) is 97.9 cm³/mol. The smallest absolute Gasteiger partial charge is 0.252 e. The van der Waals surface area contributed by atoms with E-state index in [0.717, 1.165) is 33.5 Å². The number of benzene rings is 1. The van der Waals surface area contributed by atoms with Gasteiger partial charge in [-0.2, -0.15) is 0 Å². The van der Waals surface area contributed by atoms with E-state index in [-0.39, 0.29) is 11.9 Å². The number of aryl methyl sites for hydroxylation is 2. The van der Waals surface area contributed by atoms with Gasteiger partial charge < -0.3 is 10.1 Å². The summed E-state index contributed by atoms with van der Waals surface area (Å²) in [6.07, 6.45) is 3.48. The summed E-state index contributed by atoms with van der Waals surface area (Å²) in [5.74, 6) is 0.637. The Morgan fingerprint density at radius 3 is 2.72 bits per heavy atom. The van der Waals surface area contributed by atoms with Crippen molar-refractivity contribution in [1.82, 2.24) is 15.3 Å². The third kappa shape index (κ3) is 3.45. The standard InChI is InChI=1S/C20H21N3O2/c1-12-11-22-13(2)9-17(12)20(24)23-14(3)19-18-10-16(25-4)6-5-15(18)7-8-21-19/h5-11,14H,1-4H3,(H,23,24). The summed E-state index contributed by atoms with van der Waals surface area (Å²) in [6.45, 7) is 5.69. The normalized spacial score (nSPS) is 12.0. The van der Waals surface area contributed by atoms with Gasteiger partial charge in [0.15, 0.2) is 0 Å². The minimum atomic E-state index is -0.240. The van der Waals surface area contributed by atoms with Crippen LogP contribution in [0.2, 0.25) is 0 Å². The van der Waals surface area contributed by atoms with Crippen LogP contribution < -0.4 is 10.1 Å². The molecule has 3 aromatic rings. The minimum absolute atomic E-state index is 0.128. The van der Waals surface area contributed by atoms with E-state index in [1.165, 1.54) is 0 Å². The maximum atomic E-state index is 12.7. The summed E-state index contributed by atoms with van der Waals surface area (Å²) in [5.41, 5.74) is 3.12. The van der Waals surface area contributed by atoms with E-state index in [9.17, 15) is 4.79 Å². The largest absolute Gasteiger partial charge is 0.497 e. The Kier molecular flexibility index (Phi) is 4.65. The number of nitrogens with one attached hydrogen (secondary N) is 1. The van der Waals surface area contributed by atoms with Gasteiger partial charge in [-0.05, 0) is 56.0 Å². The third-order valence-corrected chi connectivity index (χ3v) is 4.25. The second kappa shape index (κ2) is 6.89. The van der Waals surface area contributed by atoms with Crippen LogP contribution in [-0.4, -0.2) is 23.0 Å². The molecule has 1 amide bonds. The van der Waals surface area contributed by atoms with Crippen molar-refractivity contribution < 1.29 is 9.53 Å². The molecule has 1 unspecified atom stereocenters. The first-order valence-corrected chi connectivity index (χ1v) is 8.16. The van der Waals surface area contributed by atoms with Crippen molar-refractivity contribution in [3.8, 4) is 5.75 Å². The van der Waals surface area contributed by atoms with Crippen LogP contribution in [0.1, 0.15) is 40.3 Å². The molecule has 1 aromatic carbocycles. The maximum Gasteiger partial charge on any atom is 0.252 e. The summed E-state index contributed by atoms with van der Waals surface area (Å²) >= 11 is 0. The lowest BCUT2D eigenvalue weighted by molar-refractivity contribution is 0.0938. The zero-order valence-corrected chi connectivity index (χ0v) is 14.8. The molecule has 1 N–H and O–H groups in total. The number of hydrogen-bond acceptors (Lipinski definition) is 4. The lowest BCUT2D eigenvalue weighted by atomic mass is 10.0. The third-order valence-electron chi connectivity index (χ3n) is 4.25. The highest BCUT2D eigenvalue weighted by atomic mass is 16.5. The Labute approximate surface area is 147 Å². The molecule has 5 heteroatoms. The van der Waals surface area contributed by atoms with Crippen LogP contribution in [-0.2, 0) is 0 Å². The van der Waals surface area contributed by atoms with Gasteiger partial charge in [0, 0.05) is 29.0 Å². The SMILES string of the molecule is COc1ccc2ccnc(C(C)NC(=O)c3cc(C)ncc3C)c2c1. The average molecular weight is 335 g/mol. The van der Waals surface area contributed by atoms with Gasteiger partial charge in [-0.25, -0.2) is 0 Å². The van der Waals surface area contributed by atoms with E-state index in [4.69, 9.17) is 4.74 Å². The molecule has 5 nitrogen and oxygen atoms in total. The van der Waals surface area contributed by atoms with E-state index < -0.39 is 0 Å². The van der Waals surface area contributed by atoms with Gasteiger partial charge in [0.2, 0.25) is 0 Å². The number of fused-ring (bicyclic) bond motifs is 1. The second-order valence-electron chi connectivity index (χ2n) is 6.12. The summed E-state index contributed by atoms with van der Waals surface area (Å²) in [6, 6.07) is 9.36. The fourth-order valence-corrected chi connectivity index (χ4v) is 2.86. The molecule has 0 bridgehead atoms. The molecule has 0 radical (unpaired) electrons. The lowest BCUT2D eigenvalue weighted by Crippen LogP contribution is -2.28. The van der Waals surface area contributed by atoms with E-state index >= 15 is 0 Å². The van der Waals surface area contributed by atoms with Crippen LogP contribution in [0.4, 0.5) is 0 Å². The quantitative estimate of drug-likeness (QED) is 0.789. The summed E-state index contributed by atoms with van der Waals surface area (Å²) in [4.78, 5) is 21.4. The molecule has 3 rings (SSSR count). The highest BCUT2D eigenvalue weighted by Gasteiger charge is 2.17. The van der Waals surface area contributed by atoms with Crippen LogP contribution in [0.3, 0.4) is 0 Å². The van der Waals surface area contributed by atoms with Crippen LogP contribution in [0.5, 0.6) is 5.75 Å². The van der Waals surface area contributed by atoms with Gasteiger partial charge in [0.25, 0.3) is 5.91 Å². The molecule has 128 valence electrons. The number of amides is 1. The van der Waals surface area contributed by atoms with Gasteiger partial charge in [0.05, 0.1) is 18.8 Å². The highest BCUT2D eigenvalue weighted by Crippen LogP contribution is 2.26. The minimum Gasteiger partial charge on any atom is -0.497 e. The lowest BCUT2D eigenvalue weighted by Gasteiger charge is -2.17. The Bertz CT molecular complexity index is 937. The molecule has 0 saturated heterocycles. The van der Waals surface area contributed by atoms with Gasteiger partial charge in [-0.3, -0.25) is 14.8 Å². The van der Waals surface area contributed by atoms with E-state index in [0.29, 0.717) is 5.56 Å². The van der Waals surface area contributed by atoms with E-state index in [1.807, 2.05) is 45.0 Å². The average Bonchev–Trinajstić information content (AvgIpc) is 2.62. The van der Waals surface area contributed by atoms with Crippen molar-refractivity contribution in [2.45, 2.75) is 26.8 Å². The van der Waals surface area contributed by atoms with Crippen molar-refractivity contribution in [2.75, 3.05) is 7.11 Å². The number of pyridine rings is 2. The fourth-order valence-electron chi connectivity index (χ4n) is 2.86. The Hall–Kier alpha value is -2.95. The summed E-state index contributed by atoms with van der Waals surface area (Å²) < 4.78 is 5.31. The number of nitrogens with zero attached hydrogens (tertiary/aromatic N) is 2.